The van der Waals surface area contributed by atoms with E-state index in [9.17, 15) is 4.79 Å². The first-order valence-corrected chi connectivity index (χ1v) is 7.52. The molecule has 4 heteroatoms. The first kappa shape index (κ1) is 16.0. The standard InChI is InChI=1S/C18H22N2O2/c1-5-20-12-17(14(4)19-20)18(21)11-8-15-6-9-16(10-7-15)22-13(2)3/h6-13H,5H2,1-4H3/b11-8+. The van der Waals surface area contributed by atoms with Crippen molar-refractivity contribution in [2.24, 2.45) is 0 Å². The average molecular weight is 298 g/mol. The van der Waals surface area contributed by atoms with Gasteiger partial charge in [0.25, 0.3) is 0 Å². The monoisotopic (exact) mass is 298 g/mol. The Morgan fingerprint density at radius 1 is 1.32 bits per heavy atom. The minimum atomic E-state index is -0.0280. The van der Waals surface area contributed by atoms with Crippen LogP contribution in [0.15, 0.2) is 36.5 Å². The predicted octanol–water partition coefficient (Wildman–Crippen LogP) is 3.89. The number of carbonyl (C=O) groups excluding carboxylic acids is 1. The fourth-order valence-electron chi connectivity index (χ4n) is 2.11. The molecule has 116 valence electrons. The van der Waals surface area contributed by atoms with Gasteiger partial charge < -0.3 is 4.74 Å². The predicted molar refractivity (Wildman–Crippen MR) is 88.2 cm³/mol. The van der Waals surface area contributed by atoms with Gasteiger partial charge in [-0.3, -0.25) is 9.48 Å². The lowest BCUT2D eigenvalue weighted by atomic mass is 10.1. The third-order valence-electron chi connectivity index (χ3n) is 3.21. The summed E-state index contributed by atoms with van der Waals surface area (Å²) in [6, 6.07) is 7.68. The minimum absolute atomic E-state index is 0.0280. The Morgan fingerprint density at radius 3 is 2.55 bits per heavy atom. The van der Waals surface area contributed by atoms with Gasteiger partial charge in [0.2, 0.25) is 0 Å². The van der Waals surface area contributed by atoms with Crippen LogP contribution in [0.5, 0.6) is 5.75 Å². The summed E-state index contributed by atoms with van der Waals surface area (Å²) in [5.41, 5.74) is 2.38. The molecule has 0 spiro atoms. The molecule has 0 saturated carbocycles. The van der Waals surface area contributed by atoms with Crippen LogP contribution in [0.2, 0.25) is 0 Å². The highest BCUT2D eigenvalue weighted by atomic mass is 16.5. The van der Waals surface area contributed by atoms with Crippen molar-refractivity contribution in [3.05, 3.63) is 53.4 Å². The molecule has 1 aromatic carbocycles. The highest BCUT2D eigenvalue weighted by molar-refractivity contribution is 6.07. The van der Waals surface area contributed by atoms with Crippen molar-refractivity contribution in [3.63, 3.8) is 0 Å². The van der Waals surface area contributed by atoms with Crippen molar-refractivity contribution in [2.75, 3.05) is 0 Å². The molecular weight excluding hydrogens is 276 g/mol. The number of ketones is 1. The lowest BCUT2D eigenvalue weighted by Gasteiger charge is -2.09. The first-order chi connectivity index (χ1) is 10.5. The van der Waals surface area contributed by atoms with Crippen molar-refractivity contribution in [2.45, 2.75) is 40.3 Å². The molecule has 0 radical (unpaired) electrons. The van der Waals surface area contributed by atoms with Gasteiger partial charge >= 0.3 is 0 Å². The number of benzene rings is 1. The molecule has 2 rings (SSSR count). The summed E-state index contributed by atoms with van der Waals surface area (Å²) in [5.74, 6) is 0.804. The highest BCUT2D eigenvalue weighted by Gasteiger charge is 2.10. The van der Waals surface area contributed by atoms with Gasteiger partial charge in [-0.2, -0.15) is 5.10 Å². The molecule has 1 heterocycles. The number of carbonyl (C=O) groups is 1. The molecule has 0 amide bonds. The van der Waals surface area contributed by atoms with Gasteiger partial charge in [-0.25, -0.2) is 0 Å². The minimum Gasteiger partial charge on any atom is -0.491 e. The molecule has 1 aromatic heterocycles. The van der Waals surface area contributed by atoms with Gasteiger partial charge in [0, 0.05) is 12.7 Å². The second kappa shape index (κ2) is 7.07. The third-order valence-corrected chi connectivity index (χ3v) is 3.21. The van der Waals surface area contributed by atoms with E-state index in [4.69, 9.17) is 4.74 Å². The topological polar surface area (TPSA) is 44.1 Å². The lowest BCUT2D eigenvalue weighted by molar-refractivity contribution is 0.104. The van der Waals surface area contributed by atoms with Crippen LogP contribution in [0.4, 0.5) is 0 Å². The molecule has 4 nitrogen and oxygen atoms in total. The second-order valence-corrected chi connectivity index (χ2v) is 5.42. The molecule has 0 unspecified atom stereocenters. The molecule has 0 N–H and O–H groups in total. The fraction of sp³-hybridized carbons (Fsp3) is 0.333. The van der Waals surface area contributed by atoms with Gasteiger partial charge in [-0.1, -0.05) is 18.2 Å². The first-order valence-electron chi connectivity index (χ1n) is 7.52. The number of hydrogen-bond acceptors (Lipinski definition) is 3. The number of hydrogen-bond donors (Lipinski definition) is 0. The van der Waals surface area contributed by atoms with E-state index in [-0.39, 0.29) is 11.9 Å². The molecule has 0 bridgehead atoms. The van der Waals surface area contributed by atoms with E-state index >= 15 is 0 Å². The molecular formula is C18H22N2O2. The Hall–Kier alpha value is -2.36. The quantitative estimate of drug-likeness (QED) is 0.600. The number of nitrogens with zero attached hydrogens (tertiary/aromatic N) is 2. The van der Waals surface area contributed by atoms with Crippen molar-refractivity contribution in [1.29, 1.82) is 0 Å². The smallest absolute Gasteiger partial charge is 0.189 e. The highest BCUT2D eigenvalue weighted by Crippen LogP contribution is 2.15. The largest absolute Gasteiger partial charge is 0.491 e. The van der Waals surface area contributed by atoms with Crippen molar-refractivity contribution >= 4 is 11.9 Å². The van der Waals surface area contributed by atoms with Crippen LogP contribution >= 0.6 is 0 Å². The molecule has 0 fully saturated rings. The summed E-state index contributed by atoms with van der Waals surface area (Å²) >= 11 is 0. The van der Waals surface area contributed by atoms with Crippen LogP contribution in [0, 0.1) is 6.92 Å². The van der Waals surface area contributed by atoms with E-state index in [0.29, 0.717) is 5.56 Å². The van der Waals surface area contributed by atoms with E-state index in [2.05, 4.69) is 5.10 Å². The van der Waals surface area contributed by atoms with Gasteiger partial charge in [-0.05, 0) is 51.5 Å². The summed E-state index contributed by atoms with van der Waals surface area (Å²) in [4.78, 5) is 12.2. The number of ether oxygens (including phenoxy) is 1. The Bertz CT molecular complexity index is 667. The molecule has 22 heavy (non-hydrogen) atoms. The van der Waals surface area contributed by atoms with Crippen molar-refractivity contribution in [3.8, 4) is 5.75 Å². The molecule has 0 aliphatic carbocycles. The van der Waals surface area contributed by atoms with E-state index in [1.54, 1.807) is 17.0 Å². The van der Waals surface area contributed by atoms with Gasteiger partial charge in [0.05, 0.1) is 17.4 Å². The number of aryl methyl sites for hydroxylation is 2. The van der Waals surface area contributed by atoms with E-state index in [1.807, 2.05) is 58.0 Å². The fourth-order valence-corrected chi connectivity index (χ4v) is 2.11. The maximum Gasteiger partial charge on any atom is 0.189 e. The zero-order chi connectivity index (χ0) is 16.1. The van der Waals surface area contributed by atoms with Gasteiger partial charge in [0.1, 0.15) is 5.75 Å². The van der Waals surface area contributed by atoms with Crippen molar-refractivity contribution < 1.29 is 9.53 Å². The molecule has 0 aliphatic rings. The van der Waals surface area contributed by atoms with Crippen LogP contribution in [-0.2, 0) is 6.54 Å². The molecule has 0 aliphatic heterocycles. The SMILES string of the molecule is CCn1cc(C(=O)/C=C/c2ccc(OC(C)C)cc2)c(C)n1. The van der Waals surface area contributed by atoms with Crippen molar-refractivity contribution in [1.82, 2.24) is 9.78 Å². The number of rotatable bonds is 6. The van der Waals surface area contributed by atoms with Crippen LogP contribution in [-0.4, -0.2) is 21.7 Å². The number of aromatic nitrogens is 2. The summed E-state index contributed by atoms with van der Waals surface area (Å²) in [7, 11) is 0. The summed E-state index contributed by atoms with van der Waals surface area (Å²) < 4.78 is 7.37. The van der Waals surface area contributed by atoms with E-state index in [1.165, 1.54) is 0 Å². The molecule has 0 saturated heterocycles. The summed E-state index contributed by atoms with van der Waals surface area (Å²) in [6.45, 7) is 8.59. The number of allylic oxidation sites excluding steroid dienone is 1. The maximum absolute atomic E-state index is 12.2. The maximum atomic E-state index is 12.2. The summed E-state index contributed by atoms with van der Waals surface area (Å²) in [6.07, 6.45) is 5.34. The lowest BCUT2D eigenvalue weighted by Crippen LogP contribution is -2.05. The zero-order valence-corrected chi connectivity index (χ0v) is 13.5. The Balaban J connectivity index is 2.07. The van der Waals surface area contributed by atoms with Crippen LogP contribution in [0.1, 0.15) is 42.4 Å². The van der Waals surface area contributed by atoms with Crippen LogP contribution in [0.3, 0.4) is 0 Å². The van der Waals surface area contributed by atoms with Gasteiger partial charge in [0.15, 0.2) is 5.78 Å². The Labute approximate surface area is 131 Å². The third kappa shape index (κ3) is 4.07. The zero-order valence-electron chi connectivity index (χ0n) is 13.5. The van der Waals surface area contributed by atoms with Crippen LogP contribution in [0.25, 0.3) is 6.08 Å². The average Bonchev–Trinajstić information content (AvgIpc) is 2.87. The second-order valence-electron chi connectivity index (χ2n) is 5.42. The van der Waals surface area contributed by atoms with Gasteiger partial charge in [-0.15, -0.1) is 0 Å². The Morgan fingerprint density at radius 2 is 2.00 bits per heavy atom. The normalized spacial score (nSPS) is 11.3. The molecule has 2 aromatic rings. The van der Waals surface area contributed by atoms with E-state index in [0.717, 1.165) is 23.6 Å². The van der Waals surface area contributed by atoms with Crippen LogP contribution < -0.4 is 4.74 Å². The molecule has 0 atom stereocenters. The Kier molecular flexibility index (Phi) is 5.15. The summed E-state index contributed by atoms with van der Waals surface area (Å²) in [5, 5.41) is 4.29. The van der Waals surface area contributed by atoms with E-state index < -0.39 is 0 Å².